The van der Waals surface area contributed by atoms with E-state index in [0.717, 1.165) is 13.8 Å². The van der Waals surface area contributed by atoms with Crippen LogP contribution in [0.1, 0.15) is 13.8 Å². The van der Waals surface area contributed by atoms with Crippen molar-refractivity contribution < 1.29 is 23.8 Å². The molecule has 7 heteroatoms. The van der Waals surface area contributed by atoms with Crippen molar-refractivity contribution in [2.75, 3.05) is 19.8 Å². The fraction of sp³-hybridized carbons (Fsp3) is 0.750. The van der Waals surface area contributed by atoms with Crippen molar-refractivity contribution in [3.8, 4) is 0 Å². The lowest BCUT2D eigenvalue weighted by Crippen LogP contribution is -2.52. The monoisotopic (exact) mass is 220 g/mol. The molecule has 0 aromatic rings. The van der Waals surface area contributed by atoms with Crippen molar-refractivity contribution in [3.63, 3.8) is 0 Å². The Bertz CT molecular complexity index is 215. The summed E-state index contributed by atoms with van der Waals surface area (Å²) in [5, 5.41) is 0. The van der Waals surface area contributed by atoms with Gasteiger partial charge in [-0.25, -0.2) is 0 Å². The highest BCUT2D eigenvalue weighted by Gasteiger charge is 2.32. The van der Waals surface area contributed by atoms with E-state index in [9.17, 15) is 9.59 Å². The fourth-order valence-corrected chi connectivity index (χ4v) is 0.864. The molecule has 0 bridgehead atoms. The molecule has 7 nitrogen and oxygen atoms in total. The molecular formula is C8H16N2O5. The minimum absolute atomic E-state index is 0.224. The van der Waals surface area contributed by atoms with Crippen LogP contribution in [0.15, 0.2) is 0 Å². The molecule has 0 saturated carbocycles. The van der Waals surface area contributed by atoms with E-state index in [4.69, 9.17) is 16.2 Å². The standard InChI is InChI=1S/C8H16N2O5/c1-6(11)14-8(10,15-7(2)12)5-13-4-3-9/h3-5,9-10H2,1-2H3. The Labute approximate surface area is 87.6 Å². The predicted molar refractivity (Wildman–Crippen MR) is 50.3 cm³/mol. The maximum absolute atomic E-state index is 10.7. The summed E-state index contributed by atoms with van der Waals surface area (Å²) < 4.78 is 14.2. The Morgan fingerprint density at radius 1 is 1.20 bits per heavy atom. The van der Waals surface area contributed by atoms with Gasteiger partial charge in [0.2, 0.25) is 0 Å². The first-order chi connectivity index (χ1) is 6.89. The van der Waals surface area contributed by atoms with Crippen LogP contribution in [-0.4, -0.2) is 37.6 Å². The molecule has 0 spiro atoms. The fourth-order valence-electron chi connectivity index (χ4n) is 0.864. The molecule has 0 unspecified atom stereocenters. The van der Waals surface area contributed by atoms with Crippen LogP contribution in [0.5, 0.6) is 0 Å². The molecule has 0 heterocycles. The van der Waals surface area contributed by atoms with Crippen LogP contribution >= 0.6 is 0 Å². The van der Waals surface area contributed by atoms with E-state index in [1.54, 1.807) is 0 Å². The van der Waals surface area contributed by atoms with Crippen LogP contribution < -0.4 is 11.5 Å². The average Bonchev–Trinajstić information content (AvgIpc) is 2.00. The molecule has 0 aromatic carbocycles. The normalized spacial score (nSPS) is 10.9. The summed E-state index contributed by atoms with van der Waals surface area (Å²) in [5.41, 5.74) is 10.7. The summed E-state index contributed by atoms with van der Waals surface area (Å²) in [6.45, 7) is 2.54. The van der Waals surface area contributed by atoms with Crippen molar-refractivity contribution >= 4 is 11.9 Å². The third kappa shape index (κ3) is 6.83. The quantitative estimate of drug-likeness (QED) is 0.325. The van der Waals surface area contributed by atoms with Gasteiger partial charge in [0, 0.05) is 20.4 Å². The van der Waals surface area contributed by atoms with Gasteiger partial charge in [-0.2, -0.15) is 0 Å². The largest absolute Gasteiger partial charge is 0.407 e. The molecule has 0 saturated heterocycles. The van der Waals surface area contributed by atoms with Crippen molar-refractivity contribution in [1.29, 1.82) is 0 Å². The highest BCUT2D eigenvalue weighted by Crippen LogP contribution is 2.07. The third-order valence-electron chi connectivity index (χ3n) is 1.20. The maximum Gasteiger partial charge on any atom is 0.339 e. The number of ether oxygens (including phenoxy) is 3. The van der Waals surface area contributed by atoms with Gasteiger partial charge in [0.15, 0.2) is 0 Å². The van der Waals surface area contributed by atoms with Crippen molar-refractivity contribution in [2.45, 2.75) is 19.8 Å². The number of esters is 2. The average molecular weight is 220 g/mol. The second-order valence-corrected chi connectivity index (χ2v) is 2.84. The van der Waals surface area contributed by atoms with Crippen LogP contribution in [0.4, 0.5) is 0 Å². The van der Waals surface area contributed by atoms with Gasteiger partial charge in [-0.3, -0.25) is 15.3 Å². The molecule has 0 rings (SSSR count). The summed E-state index contributed by atoms with van der Waals surface area (Å²) in [6.07, 6.45) is 0. The number of carbonyl (C=O) groups is 2. The van der Waals surface area contributed by atoms with Crippen molar-refractivity contribution in [1.82, 2.24) is 0 Å². The van der Waals surface area contributed by atoms with E-state index in [0.29, 0.717) is 0 Å². The van der Waals surface area contributed by atoms with Gasteiger partial charge in [-0.1, -0.05) is 0 Å². The molecule has 0 radical (unpaired) electrons. The number of rotatable bonds is 6. The lowest BCUT2D eigenvalue weighted by molar-refractivity contribution is -0.240. The molecule has 4 N–H and O–H groups in total. The van der Waals surface area contributed by atoms with Gasteiger partial charge in [0.05, 0.1) is 6.61 Å². The van der Waals surface area contributed by atoms with Crippen LogP contribution in [0.3, 0.4) is 0 Å². The zero-order chi connectivity index (χ0) is 11.9. The second-order valence-electron chi connectivity index (χ2n) is 2.84. The summed E-state index contributed by atoms with van der Waals surface area (Å²) in [6, 6.07) is 0. The zero-order valence-corrected chi connectivity index (χ0v) is 8.82. The molecule has 15 heavy (non-hydrogen) atoms. The Morgan fingerprint density at radius 2 is 1.67 bits per heavy atom. The van der Waals surface area contributed by atoms with Crippen LogP contribution in [0.25, 0.3) is 0 Å². The second kappa shape index (κ2) is 6.33. The summed E-state index contributed by atoms with van der Waals surface area (Å²) in [7, 11) is 0. The van der Waals surface area contributed by atoms with E-state index in [2.05, 4.69) is 9.47 Å². The number of hydrogen-bond donors (Lipinski definition) is 2. The van der Waals surface area contributed by atoms with Gasteiger partial charge in [0.25, 0.3) is 0 Å². The SMILES string of the molecule is CC(=O)OC(N)(COCCN)OC(C)=O. The molecule has 0 fully saturated rings. The first-order valence-electron chi connectivity index (χ1n) is 4.35. The molecule has 0 aromatic heterocycles. The Kier molecular flexibility index (Phi) is 5.83. The summed E-state index contributed by atoms with van der Waals surface area (Å²) in [4.78, 5) is 21.4. The predicted octanol–water partition coefficient (Wildman–Crippen LogP) is -1.30. The molecule has 0 aliphatic carbocycles. The van der Waals surface area contributed by atoms with E-state index in [1.807, 2.05) is 0 Å². The number of hydrogen-bond acceptors (Lipinski definition) is 7. The van der Waals surface area contributed by atoms with Crippen LogP contribution in [-0.2, 0) is 23.8 Å². The molecule has 88 valence electrons. The molecule has 0 aliphatic heterocycles. The van der Waals surface area contributed by atoms with Crippen LogP contribution in [0, 0.1) is 0 Å². The van der Waals surface area contributed by atoms with E-state index < -0.39 is 17.8 Å². The Balaban J connectivity index is 4.26. The van der Waals surface area contributed by atoms with Gasteiger partial charge >= 0.3 is 17.8 Å². The van der Waals surface area contributed by atoms with E-state index >= 15 is 0 Å². The van der Waals surface area contributed by atoms with E-state index in [-0.39, 0.29) is 19.8 Å². The number of carbonyl (C=O) groups excluding carboxylic acids is 2. The first kappa shape index (κ1) is 13.8. The summed E-state index contributed by atoms with van der Waals surface area (Å²) >= 11 is 0. The number of nitrogens with two attached hydrogens (primary N) is 2. The Morgan fingerprint density at radius 3 is 2.00 bits per heavy atom. The topological polar surface area (TPSA) is 114 Å². The minimum Gasteiger partial charge on any atom is -0.407 e. The molecule has 0 aliphatic rings. The van der Waals surface area contributed by atoms with Gasteiger partial charge in [-0.15, -0.1) is 0 Å². The Hall–Kier alpha value is -1.18. The maximum atomic E-state index is 10.7. The first-order valence-corrected chi connectivity index (χ1v) is 4.35. The third-order valence-corrected chi connectivity index (χ3v) is 1.20. The van der Waals surface area contributed by atoms with Gasteiger partial charge < -0.3 is 19.9 Å². The zero-order valence-electron chi connectivity index (χ0n) is 8.82. The highest BCUT2D eigenvalue weighted by atomic mass is 16.8. The smallest absolute Gasteiger partial charge is 0.339 e. The molecule has 0 atom stereocenters. The highest BCUT2D eigenvalue weighted by molar-refractivity contribution is 5.68. The molecular weight excluding hydrogens is 204 g/mol. The van der Waals surface area contributed by atoms with Crippen molar-refractivity contribution in [2.24, 2.45) is 11.5 Å². The molecule has 0 amide bonds. The lowest BCUT2D eigenvalue weighted by atomic mass is 10.5. The summed E-state index contributed by atoms with van der Waals surface area (Å²) in [5.74, 6) is -3.22. The van der Waals surface area contributed by atoms with Crippen LogP contribution in [0.2, 0.25) is 0 Å². The van der Waals surface area contributed by atoms with Crippen molar-refractivity contribution in [3.05, 3.63) is 0 Å². The lowest BCUT2D eigenvalue weighted by Gasteiger charge is -2.26. The van der Waals surface area contributed by atoms with E-state index in [1.165, 1.54) is 0 Å². The minimum atomic E-state index is -1.88. The van der Waals surface area contributed by atoms with Gasteiger partial charge in [-0.05, 0) is 0 Å². The van der Waals surface area contributed by atoms with Gasteiger partial charge in [0.1, 0.15) is 6.61 Å².